The van der Waals surface area contributed by atoms with Crippen LogP contribution in [-0.2, 0) is 10.0 Å². The molecule has 3 heterocycles. The molecule has 2 atom stereocenters. The monoisotopic (exact) mass is 353 g/mol. The molecule has 1 aromatic heterocycles. The molecular formula is C15H23N5O3S. The normalized spacial score (nSPS) is 24.9. The molecule has 3 N–H and O–H groups in total. The number of anilines is 1. The van der Waals surface area contributed by atoms with Crippen LogP contribution in [0.2, 0.25) is 0 Å². The summed E-state index contributed by atoms with van der Waals surface area (Å²) in [6, 6.07) is 5.59. The zero-order chi connectivity index (χ0) is 17.2. The average molecular weight is 353 g/mol. The number of likely N-dealkylation sites (tertiary alicyclic amines) is 1. The Balaban J connectivity index is 1.54. The van der Waals surface area contributed by atoms with E-state index in [1.54, 1.807) is 11.1 Å². The van der Waals surface area contributed by atoms with Crippen molar-refractivity contribution in [3.63, 3.8) is 0 Å². The van der Waals surface area contributed by atoms with Crippen molar-refractivity contribution >= 4 is 21.9 Å². The second-order valence-corrected chi connectivity index (χ2v) is 8.21. The number of pyridine rings is 1. The van der Waals surface area contributed by atoms with Gasteiger partial charge < -0.3 is 15.1 Å². The number of amides is 2. The van der Waals surface area contributed by atoms with E-state index in [2.05, 4.69) is 15.2 Å². The maximum atomic E-state index is 12.4. The van der Waals surface area contributed by atoms with Crippen molar-refractivity contribution in [3.05, 3.63) is 24.4 Å². The third-order valence-electron chi connectivity index (χ3n) is 4.62. The van der Waals surface area contributed by atoms with E-state index in [1.165, 1.54) is 0 Å². The summed E-state index contributed by atoms with van der Waals surface area (Å²) >= 11 is 0. The first-order chi connectivity index (χ1) is 11.4. The van der Waals surface area contributed by atoms with Crippen LogP contribution in [0.3, 0.4) is 0 Å². The highest BCUT2D eigenvalue weighted by atomic mass is 32.2. The maximum Gasteiger partial charge on any atom is 0.317 e. The number of piperidine rings is 1. The number of aromatic nitrogens is 1. The largest absolute Gasteiger partial charge is 0.354 e. The summed E-state index contributed by atoms with van der Waals surface area (Å²) in [6.45, 7) is 2.27. The van der Waals surface area contributed by atoms with Crippen LogP contribution in [0, 0.1) is 0 Å². The molecule has 0 saturated carbocycles. The van der Waals surface area contributed by atoms with Gasteiger partial charge in [-0.25, -0.2) is 23.3 Å². The van der Waals surface area contributed by atoms with Crippen molar-refractivity contribution < 1.29 is 13.2 Å². The standard InChI is InChI=1S/C15H23N5O3S/c16-24(22,23)13-4-3-8-20(11-13)15(21)18-12-6-9-19(10-12)14-5-1-2-7-17-14/h1-2,5,7,12-13H,3-4,6,8-11H2,(H,18,21)(H2,16,22,23). The minimum absolute atomic E-state index is 0.0365. The molecule has 0 radical (unpaired) electrons. The molecule has 2 fully saturated rings. The van der Waals surface area contributed by atoms with Crippen LogP contribution in [0.5, 0.6) is 0 Å². The van der Waals surface area contributed by atoms with Crippen LogP contribution in [0.4, 0.5) is 10.6 Å². The highest BCUT2D eigenvalue weighted by Crippen LogP contribution is 2.19. The molecular weight excluding hydrogens is 330 g/mol. The molecule has 2 aliphatic heterocycles. The van der Waals surface area contributed by atoms with Crippen molar-refractivity contribution in [2.45, 2.75) is 30.6 Å². The summed E-state index contributed by atoms with van der Waals surface area (Å²) in [5.41, 5.74) is 0. The lowest BCUT2D eigenvalue weighted by atomic mass is 10.1. The second kappa shape index (κ2) is 6.94. The molecule has 3 rings (SSSR count). The van der Waals surface area contributed by atoms with Crippen LogP contribution in [0.15, 0.2) is 24.4 Å². The zero-order valence-electron chi connectivity index (χ0n) is 13.5. The van der Waals surface area contributed by atoms with E-state index < -0.39 is 15.3 Å². The molecule has 2 saturated heterocycles. The Morgan fingerprint density at radius 1 is 1.25 bits per heavy atom. The van der Waals surface area contributed by atoms with Gasteiger partial charge in [-0.2, -0.15) is 0 Å². The van der Waals surface area contributed by atoms with E-state index in [-0.39, 0.29) is 18.6 Å². The zero-order valence-corrected chi connectivity index (χ0v) is 14.3. The molecule has 0 bridgehead atoms. The SMILES string of the molecule is NS(=O)(=O)C1CCCN(C(=O)NC2CCN(c3ccccn3)C2)C1. The Labute approximate surface area is 142 Å². The Bertz CT molecular complexity index is 682. The van der Waals surface area contributed by atoms with Crippen LogP contribution in [0.1, 0.15) is 19.3 Å². The lowest BCUT2D eigenvalue weighted by molar-refractivity contribution is 0.184. The van der Waals surface area contributed by atoms with Crippen molar-refractivity contribution in [2.75, 3.05) is 31.1 Å². The lowest BCUT2D eigenvalue weighted by Crippen LogP contribution is -2.52. The number of rotatable bonds is 3. The van der Waals surface area contributed by atoms with Crippen molar-refractivity contribution in [1.29, 1.82) is 0 Å². The smallest absolute Gasteiger partial charge is 0.317 e. The van der Waals surface area contributed by atoms with Crippen LogP contribution in [-0.4, -0.2) is 61.8 Å². The second-order valence-electron chi connectivity index (χ2n) is 6.37. The van der Waals surface area contributed by atoms with Crippen molar-refractivity contribution in [2.24, 2.45) is 5.14 Å². The fourth-order valence-corrected chi connectivity index (χ4v) is 4.17. The molecule has 0 spiro atoms. The number of sulfonamides is 1. The first-order valence-electron chi connectivity index (χ1n) is 8.16. The summed E-state index contributed by atoms with van der Waals surface area (Å²) in [7, 11) is -3.60. The van der Waals surface area contributed by atoms with Gasteiger partial charge in [0.2, 0.25) is 10.0 Å². The number of primary sulfonamides is 1. The highest BCUT2D eigenvalue weighted by molar-refractivity contribution is 7.89. The molecule has 8 nitrogen and oxygen atoms in total. The fourth-order valence-electron chi connectivity index (χ4n) is 3.28. The molecule has 9 heteroatoms. The Morgan fingerprint density at radius 2 is 2.08 bits per heavy atom. The Hall–Kier alpha value is -1.87. The van der Waals surface area contributed by atoms with Crippen molar-refractivity contribution in [3.8, 4) is 0 Å². The number of hydrogen-bond acceptors (Lipinski definition) is 5. The van der Waals surface area contributed by atoms with E-state index in [0.717, 1.165) is 18.8 Å². The summed E-state index contributed by atoms with van der Waals surface area (Å²) in [6.07, 6.45) is 3.76. The first kappa shape index (κ1) is 17.0. The van der Waals surface area contributed by atoms with Gasteiger partial charge in [0.25, 0.3) is 0 Å². The molecule has 2 aliphatic rings. The van der Waals surface area contributed by atoms with Gasteiger partial charge in [-0.1, -0.05) is 6.07 Å². The minimum atomic E-state index is -3.60. The maximum absolute atomic E-state index is 12.4. The highest BCUT2D eigenvalue weighted by Gasteiger charge is 2.32. The molecule has 0 aliphatic carbocycles. The van der Waals surface area contributed by atoms with Gasteiger partial charge >= 0.3 is 6.03 Å². The Morgan fingerprint density at radius 3 is 2.79 bits per heavy atom. The number of carbonyl (C=O) groups excluding carboxylic acids is 1. The summed E-state index contributed by atoms with van der Waals surface area (Å²) in [5, 5.41) is 7.56. The van der Waals surface area contributed by atoms with E-state index in [4.69, 9.17) is 5.14 Å². The predicted molar refractivity (Wildman–Crippen MR) is 91.1 cm³/mol. The van der Waals surface area contributed by atoms with E-state index in [0.29, 0.717) is 25.9 Å². The van der Waals surface area contributed by atoms with E-state index in [1.807, 2.05) is 18.2 Å². The molecule has 24 heavy (non-hydrogen) atoms. The minimum Gasteiger partial charge on any atom is -0.354 e. The number of nitrogens with zero attached hydrogens (tertiary/aromatic N) is 3. The third-order valence-corrected chi connectivity index (χ3v) is 5.93. The fraction of sp³-hybridized carbons (Fsp3) is 0.600. The van der Waals surface area contributed by atoms with Gasteiger partial charge in [-0.05, 0) is 31.4 Å². The average Bonchev–Trinajstić information content (AvgIpc) is 3.03. The summed E-state index contributed by atoms with van der Waals surface area (Å²) in [4.78, 5) is 20.4. The number of carbonyl (C=O) groups is 1. The van der Waals surface area contributed by atoms with Crippen LogP contribution < -0.4 is 15.4 Å². The topological polar surface area (TPSA) is 109 Å². The van der Waals surface area contributed by atoms with Gasteiger partial charge in [0, 0.05) is 38.4 Å². The summed E-state index contributed by atoms with van der Waals surface area (Å²) in [5.74, 6) is 0.904. The molecule has 132 valence electrons. The predicted octanol–water partition coefficient (Wildman–Crippen LogP) is 0.123. The molecule has 1 aromatic rings. The van der Waals surface area contributed by atoms with Gasteiger partial charge in [-0.3, -0.25) is 0 Å². The number of nitrogens with two attached hydrogens (primary N) is 1. The third kappa shape index (κ3) is 3.96. The van der Waals surface area contributed by atoms with Crippen LogP contribution >= 0.6 is 0 Å². The molecule has 2 unspecified atom stereocenters. The number of nitrogens with one attached hydrogen (secondary N) is 1. The van der Waals surface area contributed by atoms with Gasteiger partial charge in [0.1, 0.15) is 5.82 Å². The molecule has 0 aromatic carbocycles. The summed E-state index contributed by atoms with van der Waals surface area (Å²) < 4.78 is 23.0. The van der Waals surface area contributed by atoms with Gasteiger partial charge in [-0.15, -0.1) is 0 Å². The lowest BCUT2D eigenvalue weighted by Gasteiger charge is -2.32. The molecule has 2 amide bonds. The number of urea groups is 1. The van der Waals surface area contributed by atoms with E-state index >= 15 is 0 Å². The first-order valence-corrected chi connectivity index (χ1v) is 9.77. The van der Waals surface area contributed by atoms with Gasteiger partial charge in [0.15, 0.2) is 0 Å². The number of hydrogen-bond donors (Lipinski definition) is 2. The van der Waals surface area contributed by atoms with Crippen LogP contribution in [0.25, 0.3) is 0 Å². The van der Waals surface area contributed by atoms with Gasteiger partial charge in [0.05, 0.1) is 5.25 Å². The van der Waals surface area contributed by atoms with Crippen molar-refractivity contribution in [1.82, 2.24) is 15.2 Å². The van der Waals surface area contributed by atoms with E-state index in [9.17, 15) is 13.2 Å². The Kier molecular flexibility index (Phi) is 4.91. The quantitative estimate of drug-likeness (QED) is 0.802.